The molecule has 0 heterocycles. The van der Waals surface area contributed by atoms with Crippen LogP contribution in [0.4, 0.5) is 0 Å². The number of allylic oxidation sites excluding steroid dienone is 4. The van der Waals surface area contributed by atoms with Gasteiger partial charge in [-0.05, 0) is 42.3 Å². The van der Waals surface area contributed by atoms with Crippen molar-refractivity contribution in [2.24, 2.45) is 0 Å². The molecule has 1 rings (SSSR count). The fraction of sp³-hybridized carbons (Fsp3) is 0.545. The molecule has 0 atom stereocenters. The van der Waals surface area contributed by atoms with Gasteiger partial charge in [-0.25, -0.2) is 11.6 Å². The van der Waals surface area contributed by atoms with Gasteiger partial charge in [0.1, 0.15) is 0 Å². The van der Waals surface area contributed by atoms with Gasteiger partial charge < -0.3 is 14.7 Å². The Morgan fingerprint density at radius 1 is 0.846 bits per heavy atom. The summed E-state index contributed by atoms with van der Waals surface area (Å²) in [6, 6.07) is 0. The smallest absolute Gasteiger partial charge is 0.0154 e. The molecule has 0 aliphatic heterocycles. The van der Waals surface area contributed by atoms with Crippen LogP contribution in [-0.2, 0) is 21.7 Å². The molecule has 0 radical (unpaired) electrons. The van der Waals surface area contributed by atoms with Crippen molar-refractivity contribution in [2.45, 2.75) is 19.8 Å². The van der Waals surface area contributed by atoms with E-state index in [0.29, 0.717) is 0 Å². The largest absolute Gasteiger partial charge is 0.306 e. The number of likely N-dealkylation sites (N-methyl/N-ethyl adjacent to an activating group) is 3. The predicted octanol–water partition coefficient (Wildman–Crippen LogP) is 4.29. The first-order valence-corrected chi connectivity index (χ1v) is 8.78. The average molecular weight is 396 g/mol. The van der Waals surface area contributed by atoms with Crippen molar-refractivity contribution in [3.63, 3.8) is 0 Å². The Morgan fingerprint density at radius 2 is 1.19 bits per heavy atom. The van der Waals surface area contributed by atoms with Gasteiger partial charge >= 0.3 is 0 Å². The van der Waals surface area contributed by atoms with E-state index in [1.54, 1.807) is 0 Å². The maximum absolute atomic E-state index is 3.56. The van der Waals surface area contributed by atoms with Gasteiger partial charge in [0.2, 0.25) is 0 Å². The molecule has 0 unspecified atom stereocenters. The second kappa shape index (κ2) is 26.5. The van der Waals surface area contributed by atoms with Crippen LogP contribution < -0.4 is 0 Å². The van der Waals surface area contributed by atoms with Crippen LogP contribution >= 0.6 is 0 Å². The van der Waals surface area contributed by atoms with Crippen LogP contribution in [0.3, 0.4) is 0 Å². The summed E-state index contributed by atoms with van der Waals surface area (Å²) in [5.74, 6) is 0. The van der Waals surface area contributed by atoms with Crippen molar-refractivity contribution in [1.82, 2.24) is 14.7 Å². The molecule has 0 aromatic rings. The quantitative estimate of drug-likeness (QED) is 0.361. The third-order valence-corrected chi connectivity index (χ3v) is 2.63. The summed E-state index contributed by atoms with van der Waals surface area (Å²) < 4.78 is 0. The molecular formula is C22H42N3Ti-. The SMILES string of the molecule is C=CCN(C)C.C=CCN(C)C.C=CCN(C)C.CCC1=[C-]CC=C1.[Ti]. The van der Waals surface area contributed by atoms with Crippen molar-refractivity contribution in [2.75, 3.05) is 61.9 Å². The van der Waals surface area contributed by atoms with Crippen molar-refractivity contribution in [1.29, 1.82) is 0 Å². The third kappa shape index (κ3) is 38.7. The summed E-state index contributed by atoms with van der Waals surface area (Å²) in [4.78, 5) is 6.19. The van der Waals surface area contributed by atoms with E-state index >= 15 is 0 Å². The van der Waals surface area contributed by atoms with Crippen molar-refractivity contribution in [3.8, 4) is 0 Å². The summed E-state index contributed by atoms with van der Waals surface area (Å²) in [7, 11) is 12.1. The minimum Gasteiger partial charge on any atom is -0.306 e. The summed E-state index contributed by atoms with van der Waals surface area (Å²) in [5.41, 5.74) is 1.36. The van der Waals surface area contributed by atoms with Crippen molar-refractivity contribution >= 4 is 0 Å². The number of rotatable bonds is 7. The average Bonchev–Trinajstić information content (AvgIpc) is 3.02. The first-order valence-electron chi connectivity index (χ1n) is 8.78. The predicted molar refractivity (Wildman–Crippen MR) is 117 cm³/mol. The van der Waals surface area contributed by atoms with Crippen LogP contribution in [0.1, 0.15) is 19.8 Å². The third-order valence-electron chi connectivity index (χ3n) is 2.63. The van der Waals surface area contributed by atoms with Gasteiger partial charge in [-0.3, -0.25) is 6.08 Å². The fourth-order valence-corrected chi connectivity index (χ4v) is 1.47. The monoisotopic (exact) mass is 396 g/mol. The summed E-state index contributed by atoms with van der Waals surface area (Å²) >= 11 is 0. The molecule has 0 aromatic carbocycles. The molecule has 3 nitrogen and oxygen atoms in total. The van der Waals surface area contributed by atoms with E-state index in [2.05, 4.69) is 59.6 Å². The van der Waals surface area contributed by atoms with E-state index in [9.17, 15) is 0 Å². The fourth-order valence-electron chi connectivity index (χ4n) is 1.47. The van der Waals surface area contributed by atoms with E-state index < -0.39 is 0 Å². The maximum Gasteiger partial charge on any atom is 0.0154 e. The van der Waals surface area contributed by atoms with E-state index in [1.165, 1.54) is 5.57 Å². The molecule has 1 aliphatic rings. The zero-order valence-corrected chi connectivity index (χ0v) is 19.9. The molecule has 0 saturated heterocycles. The minimum absolute atomic E-state index is 0. The van der Waals surface area contributed by atoms with E-state index in [0.717, 1.165) is 32.5 Å². The zero-order valence-electron chi connectivity index (χ0n) is 18.4. The molecule has 4 heteroatoms. The molecule has 0 amide bonds. The molecule has 0 fully saturated rings. The first kappa shape index (κ1) is 32.9. The van der Waals surface area contributed by atoms with E-state index in [-0.39, 0.29) is 21.7 Å². The van der Waals surface area contributed by atoms with Crippen LogP contribution in [0.25, 0.3) is 0 Å². The Balaban J connectivity index is -0.000000123. The van der Waals surface area contributed by atoms with Crippen molar-refractivity contribution in [3.05, 3.63) is 61.8 Å². The maximum atomic E-state index is 3.56. The molecule has 26 heavy (non-hydrogen) atoms. The van der Waals surface area contributed by atoms with Gasteiger partial charge in [-0.1, -0.05) is 31.6 Å². The Kier molecular flexibility index (Phi) is 33.6. The molecule has 0 bridgehead atoms. The Labute approximate surface area is 179 Å². The van der Waals surface area contributed by atoms with Gasteiger partial charge in [-0.15, -0.1) is 26.2 Å². The minimum atomic E-state index is 0. The number of hydrogen-bond donors (Lipinski definition) is 0. The Hall–Kier alpha value is -0.706. The molecule has 1 aliphatic carbocycles. The second-order valence-corrected chi connectivity index (χ2v) is 6.31. The Morgan fingerprint density at radius 3 is 1.27 bits per heavy atom. The van der Waals surface area contributed by atoms with Crippen molar-refractivity contribution < 1.29 is 21.7 Å². The number of nitrogens with zero attached hydrogens (tertiary/aromatic N) is 3. The summed E-state index contributed by atoms with van der Waals surface area (Å²) in [6.45, 7) is 15.7. The van der Waals surface area contributed by atoms with Gasteiger partial charge in [0.15, 0.2) is 0 Å². The Bertz CT molecular complexity index is 336. The van der Waals surface area contributed by atoms with Crippen LogP contribution in [-0.4, -0.2) is 76.6 Å². The summed E-state index contributed by atoms with van der Waals surface area (Å²) in [5, 5.41) is 0. The molecule has 0 aromatic heterocycles. The van der Waals surface area contributed by atoms with Gasteiger partial charge in [0.25, 0.3) is 0 Å². The van der Waals surface area contributed by atoms with E-state index in [1.807, 2.05) is 60.5 Å². The van der Waals surface area contributed by atoms with Gasteiger partial charge in [0.05, 0.1) is 0 Å². The van der Waals surface area contributed by atoms with Crippen LogP contribution in [0.5, 0.6) is 0 Å². The van der Waals surface area contributed by atoms with Crippen LogP contribution in [0, 0.1) is 6.08 Å². The van der Waals surface area contributed by atoms with Crippen LogP contribution in [0.2, 0.25) is 0 Å². The van der Waals surface area contributed by atoms with E-state index in [4.69, 9.17) is 0 Å². The zero-order chi connectivity index (χ0) is 20.1. The molecule has 150 valence electrons. The van der Waals surface area contributed by atoms with Gasteiger partial charge in [0, 0.05) is 41.4 Å². The summed E-state index contributed by atoms with van der Waals surface area (Å²) in [6.07, 6.45) is 15.3. The topological polar surface area (TPSA) is 9.72 Å². The molecule has 0 saturated carbocycles. The molecule has 0 spiro atoms. The standard InChI is InChI=1S/C7H9.3C5H11N.Ti/c1-2-7-5-3-4-6-7;3*1-4-5-6(2)3;/h3,5H,2,4H2,1H3;3*4H,1,5H2,2-3H3;/q-1;;;;. The normalized spacial score (nSPS) is 11.1. The number of hydrogen-bond acceptors (Lipinski definition) is 3. The molecular weight excluding hydrogens is 354 g/mol. The second-order valence-electron chi connectivity index (χ2n) is 6.31. The first-order chi connectivity index (χ1) is 11.7. The molecule has 0 N–H and O–H groups in total. The van der Waals surface area contributed by atoms with Gasteiger partial charge in [-0.2, -0.15) is 6.08 Å². The van der Waals surface area contributed by atoms with Crippen LogP contribution in [0.15, 0.2) is 55.7 Å².